The summed E-state index contributed by atoms with van der Waals surface area (Å²) in [4.78, 5) is 17.6. The molecule has 27 heavy (non-hydrogen) atoms. The minimum absolute atomic E-state index is 0. The molecular weight excluding hydrogens is 365 g/mol. The first-order chi connectivity index (χ1) is 12.7. The molecule has 1 unspecified atom stereocenters. The van der Waals surface area contributed by atoms with Gasteiger partial charge in [0.1, 0.15) is 0 Å². The second kappa shape index (κ2) is 6.80. The lowest BCUT2D eigenvalue weighted by Gasteiger charge is -2.40. The van der Waals surface area contributed by atoms with Crippen molar-refractivity contribution in [2.75, 3.05) is 13.1 Å². The van der Waals surface area contributed by atoms with Crippen molar-refractivity contribution >= 4 is 23.4 Å². The summed E-state index contributed by atoms with van der Waals surface area (Å²) in [5.74, 6) is -1.62. The summed E-state index contributed by atoms with van der Waals surface area (Å²) in [6, 6.07) is 16.3. The van der Waals surface area contributed by atoms with Crippen molar-refractivity contribution in [3.8, 4) is 0 Å². The fraction of sp³-hybridized carbons (Fsp3) is 0.381. The molecule has 6 heteroatoms. The van der Waals surface area contributed by atoms with Gasteiger partial charge < -0.3 is 4.98 Å². The van der Waals surface area contributed by atoms with Crippen LogP contribution < -0.4 is 5.69 Å². The summed E-state index contributed by atoms with van der Waals surface area (Å²) < 4.78 is 17.1. The second-order valence-corrected chi connectivity index (χ2v) is 7.49. The molecule has 0 spiro atoms. The van der Waals surface area contributed by atoms with Crippen LogP contribution in [0.25, 0.3) is 11.0 Å². The number of fused-ring (bicyclic) bond motifs is 2. The molecule has 2 heterocycles. The molecule has 1 fully saturated rings. The molecule has 2 aromatic carbocycles. The number of rotatable bonds is 2. The largest absolute Gasteiger partial charge is 0.329 e. The highest BCUT2D eigenvalue weighted by molar-refractivity contribution is 5.85. The van der Waals surface area contributed by atoms with Gasteiger partial charge in [0.15, 0.2) is 5.79 Å². The lowest BCUT2D eigenvalue weighted by Crippen LogP contribution is -2.47. The zero-order valence-corrected chi connectivity index (χ0v) is 15.8. The predicted molar refractivity (Wildman–Crippen MR) is 107 cm³/mol. The minimum Gasteiger partial charge on any atom is -0.305 e. The van der Waals surface area contributed by atoms with Gasteiger partial charge in [-0.15, -0.1) is 12.4 Å². The Hall–Kier alpha value is -2.11. The van der Waals surface area contributed by atoms with Gasteiger partial charge in [0.25, 0.3) is 0 Å². The van der Waals surface area contributed by atoms with Crippen LogP contribution in [-0.2, 0) is 12.2 Å². The molecule has 3 aromatic rings. The van der Waals surface area contributed by atoms with E-state index in [9.17, 15) is 4.79 Å². The molecule has 1 N–H and O–H groups in total. The van der Waals surface area contributed by atoms with E-state index in [1.807, 2.05) is 24.3 Å². The number of likely N-dealkylation sites (tertiary alicyclic amines) is 1. The number of imidazole rings is 1. The smallest absolute Gasteiger partial charge is 0.305 e. The molecule has 5 rings (SSSR count). The molecule has 0 radical (unpaired) electrons. The average molecular weight is 388 g/mol. The number of para-hydroxylation sites is 2. The van der Waals surface area contributed by atoms with Crippen LogP contribution in [0.4, 0.5) is 4.39 Å². The zero-order chi connectivity index (χ0) is 17.7. The van der Waals surface area contributed by atoms with E-state index < -0.39 is 5.79 Å². The number of piperidine rings is 1. The zero-order valence-electron chi connectivity index (χ0n) is 15.0. The van der Waals surface area contributed by atoms with E-state index in [4.69, 9.17) is 0 Å². The van der Waals surface area contributed by atoms with Gasteiger partial charge in [-0.25, -0.2) is 9.18 Å². The van der Waals surface area contributed by atoms with Gasteiger partial charge in [0.05, 0.1) is 11.0 Å². The van der Waals surface area contributed by atoms with Crippen LogP contribution in [0.2, 0.25) is 0 Å². The van der Waals surface area contributed by atoms with Crippen molar-refractivity contribution < 1.29 is 4.39 Å². The first-order valence-electron chi connectivity index (χ1n) is 9.37. The van der Waals surface area contributed by atoms with Crippen LogP contribution >= 0.6 is 12.4 Å². The molecule has 142 valence electrons. The van der Waals surface area contributed by atoms with Gasteiger partial charge in [-0.1, -0.05) is 36.4 Å². The number of nitrogens with zero attached hydrogens (tertiary/aromatic N) is 2. The van der Waals surface area contributed by atoms with Crippen molar-refractivity contribution in [2.45, 2.75) is 37.5 Å². The van der Waals surface area contributed by atoms with E-state index >= 15 is 4.39 Å². The van der Waals surface area contributed by atoms with Crippen molar-refractivity contribution in [2.24, 2.45) is 0 Å². The highest BCUT2D eigenvalue weighted by Crippen LogP contribution is 2.40. The number of aryl methyl sites for hydroxylation is 1. The molecule has 0 amide bonds. The molecule has 1 aliphatic heterocycles. The summed E-state index contributed by atoms with van der Waals surface area (Å²) in [5.41, 5.74) is 3.81. The van der Waals surface area contributed by atoms with Gasteiger partial charge in [-0.3, -0.25) is 9.47 Å². The Morgan fingerprint density at radius 2 is 1.74 bits per heavy atom. The molecule has 1 aliphatic carbocycles. The molecule has 1 atom stereocenters. The third-order valence-electron chi connectivity index (χ3n) is 6.10. The number of hydrogen-bond acceptors (Lipinski definition) is 2. The van der Waals surface area contributed by atoms with Gasteiger partial charge >= 0.3 is 5.69 Å². The Labute approximate surface area is 163 Å². The molecule has 0 bridgehead atoms. The first-order valence-corrected chi connectivity index (χ1v) is 9.37. The normalized spacial score (nSPS) is 21.7. The maximum atomic E-state index is 15.8. The number of benzene rings is 2. The molecule has 1 aromatic heterocycles. The van der Waals surface area contributed by atoms with Gasteiger partial charge in [0.2, 0.25) is 0 Å². The number of alkyl halides is 1. The molecule has 2 aliphatic rings. The first kappa shape index (κ1) is 18.3. The van der Waals surface area contributed by atoms with E-state index in [-0.39, 0.29) is 18.1 Å². The summed E-state index contributed by atoms with van der Waals surface area (Å²) in [6.07, 6.45) is 2.88. The van der Waals surface area contributed by atoms with Crippen molar-refractivity contribution in [3.63, 3.8) is 0 Å². The lowest BCUT2D eigenvalue weighted by molar-refractivity contribution is -0.0194. The Bertz CT molecular complexity index is 1020. The van der Waals surface area contributed by atoms with Crippen LogP contribution in [0.3, 0.4) is 0 Å². The second-order valence-electron chi connectivity index (χ2n) is 7.49. The van der Waals surface area contributed by atoms with Gasteiger partial charge in [-0.05, 0) is 36.1 Å². The van der Waals surface area contributed by atoms with Gasteiger partial charge in [0, 0.05) is 32.0 Å². The molecule has 1 saturated heterocycles. The monoisotopic (exact) mass is 387 g/mol. The van der Waals surface area contributed by atoms with Gasteiger partial charge in [-0.2, -0.15) is 0 Å². The third kappa shape index (κ3) is 2.89. The summed E-state index contributed by atoms with van der Waals surface area (Å²) in [7, 11) is 0. The maximum absolute atomic E-state index is 15.8. The summed E-state index contributed by atoms with van der Waals surface area (Å²) >= 11 is 0. The molecular formula is C21H23ClFN3O. The van der Waals surface area contributed by atoms with E-state index in [0.29, 0.717) is 43.0 Å². The fourth-order valence-electron chi connectivity index (χ4n) is 4.77. The van der Waals surface area contributed by atoms with E-state index in [0.717, 1.165) is 12.8 Å². The van der Waals surface area contributed by atoms with Crippen LogP contribution in [0.15, 0.2) is 53.3 Å². The Morgan fingerprint density at radius 1 is 1.04 bits per heavy atom. The minimum atomic E-state index is -1.62. The number of nitrogens with one attached hydrogen (secondary N) is 1. The quantitative estimate of drug-likeness (QED) is 0.717. The lowest BCUT2D eigenvalue weighted by atomic mass is 9.98. The van der Waals surface area contributed by atoms with Crippen molar-refractivity contribution in [1.82, 2.24) is 14.5 Å². The summed E-state index contributed by atoms with van der Waals surface area (Å²) in [5, 5.41) is 0. The number of aromatic nitrogens is 2. The number of H-pyrrole nitrogens is 1. The third-order valence-corrected chi connectivity index (χ3v) is 6.10. The average Bonchev–Trinajstić information content (AvgIpc) is 3.23. The highest BCUT2D eigenvalue weighted by Gasteiger charge is 2.41. The Morgan fingerprint density at radius 3 is 2.56 bits per heavy atom. The van der Waals surface area contributed by atoms with Crippen LogP contribution in [0.5, 0.6) is 0 Å². The Balaban J connectivity index is 0.00000180. The van der Waals surface area contributed by atoms with Crippen molar-refractivity contribution in [3.05, 3.63) is 70.1 Å². The topological polar surface area (TPSA) is 41.0 Å². The SMILES string of the molecule is Cl.O=c1[nH]c2ccccc2n1C1(F)CCN(C2CCc3ccccc32)CC1. The number of halogens is 2. The fourth-order valence-corrected chi connectivity index (χ4v) is 4.77. The van der Waals surface area contributed by atoms with E-state index in [2.05, 4.69) is 34.1 Å². The molecule has 4 nitrogen and oxygen atoms in total. The summed E-state index contributed by atoms with van der Waals surface area (Å²) in [6.45, 7) is 1.34. The number of hydrogen-bond donors (Lipinski definition) is 1. The van der Waals surface area contributed by atoms with E-state index in [1.54, 1.807) is 0 Å². The number of aromatic amines is 1. The Kier molecular flexibility index (Phi) is 4.60. The van der Waals surface area contributed by atoms with Crippen LogP contribution in [-0.4, -0.2) is 27.5 Å². The van der Waals surface area contributed by atoms with Crippen LogP contribution in [0.1, 0.15) is 36.4 Å². The molecule has 0 saturated carbocycles. The highest BCUT2D eigenvalue weighted by atomic mass is 35.5. The van der Waals surface area contributed by atoms with Crippen LogP contribution in [0, 0.1) is 0 Å². The maximum Gasteiger partial charge on any atom is 0.329 e. The van der Waals surface area contributed by atoms with E-state index in [1.165, 1.54) is 15.7 Å². The standard InChI is InChI=1S/C21H22FN3O.ClH/c22-21(25-19-8-4-3-7-17(19)23-20(25)26)11-13-24(14-12-21)18-10-9-15-5-1-2-6-16(15)18;/h1-8,18H,9-14H2,(H,23,26);1H. The van der Waals surface area contributed by atoms with Crippen molar-refractivity contribution in [1.29, 1.82) is 0 Å². The predicted octanol–water partition coefficient (Wildman–Crippen LogP) is 4.16.